The number of hydrogen-bond donors (Lipinski definition) is 0. The number of esters is 1. The number of ether oxygens (including phenoxy) is 1. The predicted molar refractivity (Wildman–Crippen MR) is 54.1 cm³/mol. The summed E-state index contributed by atoms with van der Waals surface area (Å²) in [5, 5.41) is 0. The van der Waals surface area contributed by atoms with Crippen LogP contribution in [0.4, 0.5) is 0 Å². The molecule has 14 heavy (non-hydrogen) atoms. The van der Waals surface area contributed by atoms with Crippen molar-refractivity contribution in [1.82, 2.24) is 4.98 Å². The van der Waals surface area contributed by atoms with Crippen molar-refractivity contribution in [1.29, 1.82) is 0 Å². The van der Waals surface area contributed by atoms with Crippen molar-refractivity contribution >= 4 is 5.97 Å². The van der Waals surface area contributed by atoms with Gasteiger partial charge in [-0.05, 0) is 24.5 Å². The van der Waals surface area contributed by atoms with E-state index in [0.29, 0.717) is 18.1 Å². The van der Waals surface area contributed by atoms with Crippen molar-refractivity contribution in [2.24, 2.45) is 5.92 Å². The Morgan fingerprint density at radius 3 is 2.86 bits per heavy atom. The number of aryl methyl sites for hydroxylation is 1. The lowest BCUT2D eigenvalue weighted by molar-refractivity contribution is 0.0457. The molecule has 0 bridgehead atoms. The van der Waals surface area contributed by atoms with E-state index in [0.717, 1.165) is 5.56 Å². The molecule has 3 nitrogen and oxygen atoms in total. The van der Waals surface area contributed by atoms with E-state index >= 15 is 0 Å². The molecule has 0 aliphatic carbocycles. The lowest BCUT2D eigenvalue weighted by Gasteiger charge is -2.07. The largest absolute Gasteiger partial charge is 0.462 e. The van der Waals surface area contributed by atoms with Gasteiger partial charge in [-0.2, -0.15) is 0 Å². The van der Waals surface area contributed by atoms with Crippen LogP contribution in [0.25, 0.3) is 0 Å². The zero-order valence-electron chi connectivity index (χ0n) is 8.78. The second-order valence-electron chi connectivity index (χ2n) is 3.68. The standard InChI is InChI=1S/C11H15NO2/c1-8(2)7-14-11(13)10-6-12-5-4-9(10)3/h4-6,8H,7H2,1-3H3. The van der Waals surface area contributed by atoms with E-state index in [2.05, 4.69) is 4.98 Å². The van der Waals surface area contributed by atoms with Gasteiger partial charge in [0.05, 0.1) is 12.2 Å². The van der Waals surface area contributed by atoms with Crippen LogP contribution in [0.1, 0.15) is 29.8 Å². The summed E-state index contributed by atoms with van der Waals surface area (Å²) >= 11 is 0. The minimum atomic E-state index is -0.288. The molecule has 76 valence electrons. The highest BCUT2D eigenvalue weighted by Crippen LogP contribution is 2.07. The van der Waals surface area contributed by atoms with E-state index in [-0.39, 0.29) is 5.97 Å². The van der Waals surface area contributed by atoms with E-state index in [4.69, 9.17) is 4.74 Å². The van der Waals surface area contributed by atoms with Crippen molar-refractivity contribution in [2.45, 2.75) is 20.8 Å². The average Bonchev–Trinajstić information content (AvgIpc) is 2.15. The third kappa shape index (κ3) is 2.83. The topological polar surface area (TPSA) is 39.2 Å². The second-order valence-corrected chi connectivity index (χ2v) is 3.68. The van der Waals surface area contributed by atoms with Crippen LogP contribution >= 0.6 is 0 Å². The first-order valence-electron chi connectivity index (χ1n) is 4.69. The summed E-state index contributed by atoms with van der Waals surface area (Å²) in [6.45, 7) is 6.33. The molecule has 1 aromatic rings. The van der Waals surface area contributed by atoms with Gasteiger partial charge in [0, 0.05) is 12.4 Å². The van der Waals surface area contributed by atoms with Crippen molar-refractivity contribution < 1.29 is 9.53 Å². The third-order valence-corrected chi connectivity index (χ3v) is 1.81. The maximum atomic E-state index is 11.5. The predicted octanol–water partition coefficient (Wildman–Crippen LogP) is 2.20. The number of pyridine rings is 1. The Hall–Kier alpha value is -1.38. The second kappa shape index (κ2) is 4.74. The summed E-state index contributed by atoms with van der Waals surface area (Å²) in [6, 6.07) is 1.80. The van der Waals surface area contributed by atoms with Gasteiger partial charge in [-0.15, -0.1) is 0 Å². The van der Waals surface area contributed by atoms with Crippen LogP contribution in [-0.4, -0.2) is 17.6 Å². The maximum Gasteiger partial charge on any atom is 0.339 e. The first-order chi connectivity index (χ1) is 6.61. The molecule has 0 saturated heterocycles. The Bertz CT molecular complexity index is 321. The van der Waals surface area contributed by atoms with Gasteiger partial charge in [0.25, 0.3) is 0 Å². The van der Waals surface area contributed by atoms with Crippen LogP contribution in [0.3, 0.4) is 0 Å². The third-order valence-electron chi connectivity index (χ3n) is 1.81. The van der Waals surface area contributed by atoms with Gasteiger partial charge in [0.1, 0.15) is 0 Å². The molecule has 0 radical (unpaired) electrons. The minimum Gasteiger partial charge on any atom is -0.462 e. The van der Waals surface area contributed by atoms with Crippen LogP contribution in [0.5, 0.6) is 0 Å². The molecule has 1 heterocycles. The van der Waals surface area contributed by atoms with E-state index in [1.165, 1.54) is 6.20 Å². The zero-order valence-corrected chi connectivity index (χ0v) is 8.78. The number of aromatic nitrogens is 1. The summed E-state index contributed by atoms with van der Waals surface area (Å²) in [6.07, 6.45) is 3.20. The molecule has 0 unspecified atom stereocenters. The normalized spacial score (nSPS) is 10.3. The summed E-state index contributed by atoms with van der Waals surface area (Å²) < 4.78 is 5.09. The minimum absolute atomic E-state index is 0.288. The average molecular weight is 193 g/mol. The molecule has 0 saturated carbocycles. The Kier molecular flexibility index (Phi) is 3.63. The van der Waals surface area contributed by atoms with E-state index in [9.17, 15) is 4.79 Å². The molecule has 1 rings (SSSR count). The van der Waals surface area contributed by atoms with E-state index in [1.807, 2.05) is 20.8 Å². The van der Waals surface area contributed by atoms with Gasteiger partial charge in [0.2, 0.25) is 0 Å². The number of carbonyl (C=O) groups excluding carboxylic acids is 1. The lowest BCUT2D eigenvalue weighted by Crippen LogP contribution is -2.11. The van der Waals surface area contributed by atoms with Crippen molar-refractivity contribution in [2.75, 3.05) is 6.61 Å². The van der Waals surface area contributed by atoms with Crippen LogP contribution in [0, 0.1) is 12.8 Å². The lowest BCUT2D eigenvalue weighted by atomic mass is 10.2. The van der Waals surface area contributed by atoms with Crippen LogP contribution < -0.4 is 0 Å². The first kappa shape index (κ1) is 10.7. The fourth-order valence-corrected chi connectivity index (χ4v) is 0.998. The van der Waals surface area contributed by atoms with Gasteiger partial charge in [-0.3, -0.25) is 4.98 Å². The molecular formula is C11H15NO2. The summed E-state index contributed by atoms with van der Waals surface area (Å²) in [5.74, 6) is 0.0697. The Morgan fingerprint density at radius 1 is 1.57 bits per heavy atom. The van der Waals surface area contributed by atoms with Gasteiger partial charge < -0.3 is 4.74 Å². The van der Waals surface area contributed by atoms with Gasteiger partial charge in [-0.25, -0.2) is 4.79 Å². The van der Waals surface area contributed by atoms with Crippen LogP contribution in [-0.2, 0) is 4.74 Å². The molecule has 0 fully saturated rings. The highest BCUT2D eigenvalue weighted by molar-refractivity contribution is 5.90. The molecule has 0 aliphatic rings. The molecule has 0 aromatic carbocycles. The van der Waals surface area contributed by atoms with Gasteiger partial charge >= 0.3 is 5.97 Å². The molecule has 0 atom stereocenters. The number of nitrogens with zero attached hydrogens (tertiary/aromatic N) is 1. The summed E-state index contributed by atoms with van der Waals surface area (Å²) in [7, 11) is 0. The molecule has 0 amide bonds. The van der Waals surface area contributed by atoms with Crippen LogP contribution in [0.2, 0.25) is 0 Å². The monoisotopic (exact) mass is 193 g/mol. The van der Waals surface area contributed by atoms with Gasteiger partial charge in [0.15, 0.2) is 0 Å². The quantitative estimate of drug-likeness (QED) is 0.691. The number of rotatable bonds is 3. The fourth-order valence-electron chi connectivity index (χ4n) is 0.998. The Morgan fingerprint density at radius 2 is 2.29 bits per heavy atom. The molecule has 3 heteroatoms. The van der Waals surface area contributed by atoms with Crippen molar-refractivity contribution in [3.05, 3.63) is 29.6 Å². The molecule has 0 spiro atoms. The molecule has 0 aliphatic heterocycles. The van der Waals surface area contributed by atoms with Crippen molar-refractivity contribution in [3.8, 4) is 0 Å². The maximum absolute atomic E-state index is 11.5. The number of hydrogen-bond acceptors (Lipinski definition) is 3. The fraction of sp³-hybridized carbons (Fsp3) is 0.455. The summed E-state index contributed by atoms with van der Waals surface area (Å²) in [4.78, 5) is 15.4. The highest BCUT2D eigenvalue weighted by atomic mass is 16.5. The SMILES string of the molecule is Cc1ccncc1C(=O)OCC(C)C. The smallest absolute Gasteiger partial charge is 0.339 e. The molecular weight excluding hydrogens is 178 g/mol. The molecule has 1 aromatic heterocycles. The zero-order chi connectivity index (χ0) is 10.6. The van der Waals surface area contributed by atoms with Gasteiger partial charge in [-0.1, -0.05) is 13.8 Å². The Labute approximate surface area is 84.1 Å². The highest BCUT2D eigenvalue weighted by Gasteiger charge is 2.10. The Balaban J connectivity index is 2.65. The van der Waals surface area contributed by atoms with Crippen LogP contribution in [0.15, 0.2) is 18.5 Å². The van der Waals surface area contributed by atoms with E-state index < -0.39 is 0 Å². The molecule has 0 N–H and O–H groups in total. The first-order valence-corrected chi connectivity index (χ1v) is 4.69. The summed E-state index contributed by atoms with van der Waals surface area (Å²) in [5.41, 5.74) is 1.45. The van der Waals surface area contributed by atoms with Crippen molar-refractivity contribution in [3.63, 3.8) is 0 Å². The number of carbonyl (C=O) groups is 1. The van der Waals surface area contributed by atoms with E-state index in [1.54, 1.807) is 12.3 Å².